The lowest BCUT2D eigenvalue weighted by atomic mass is 9.79. The van der Waals surface area contributed by atoms with Crippen LogP contribution < -0.4 is 5.32 Å². The molecule has 1 N–H and O–H groups in total. The maximum Gasteiger partial charge on any atom is 0.0619 e. The highest BCUT2D eigenvalue weighted by Crippen LogP contribution is 2.34. The number of fused-ring (bicyclic) bond motifs is 1. The molecule has 0 radical (unpaired) electrons. The largest absolute Gasteiger partial charge is 0.380 e. The summed E-state index contributed by atoms with van der Waals surface area (Å²) in [6, 6.07) is 9.51. The van der Waals surface area contributed by atoms with E-state index in [2.05, 4.69) is 43.4 Å². The molecule has 0 heterocycles. The van der Waals surface area contributed by atoms with Gasteiger partial charge in [-0.15, -0.1) is 0 Å². The van der Waals surface area contributed by atoms with Crippen molar-refractivity contribution in [1.29, 1.82) is 0 Å². The second-order valence-electron chi connectivity index (χ2n) is 6.25. The van der Waals surface area contributed by atoms with Gasteiger partial charge >= 0.3 is 0 Å². The van der Waals surface area contributed by atoms with Gasteiger partial charge in [0, 0.05) is 12.6 Å². The van der Waals surface area contributed by atoms with Crippen molar-refractivity contribution < 1.29 is 4.74 Å². The highest BCUT2D eigenvalue weighted by molar-refractivity contribution is 5.32. The molecule has 0 amide bonds. The summed E-state index contributed by atoms with van der Waals surface area (Å²) >= 11 is 0. The second kappa shape index (κ2) is 9.22. The summed E-state index contributed by atoms with van der Waals surface area (Å²) in [5.41, 5.74) is 3.15. The summed E-state index contributed by atoms with van der Waals surface area (Å²) in [6.07, 6.45) is 7.41. The van der Waals surface area contributed by atoms with Gasteiger partial charge in [0.25, 0.3) is 0 Å². The smallest absolute Gasteiger partial charge is 0.0619 e. The number of hydrogen-bond donors (Lipinski definition) is 1. The lowest BCUT2D eigenvalue weighted by Gasteiger charge is -2.29. The van der Waals surface area contributed by atoms with Crippen LogP contribution in [-0.2, 0) is 11.2 Å². The van der Waals surface area contributed by atoms with Gasteiger partial charge in [0.15, 0.2) is 0 Å². The molecule has 0 bridgehead atoms. The van der Waals surface area contributed by atoms with Crippen LogP contribution in [0.3, 0.4) is 0 Å². The van der Waals surface area contributed by atoms with Crippen LogP contribution in [0.15, 0.2) is 24.3 Å². The van der Waals surface area contributed by atoms with Crippen LogP contribution in [0.5, 0.6) is 0 Å². The van der Waals surface area contributed by atoms with Crippen molar-refractivity contribution in [3.8, 4) is 0 Å². The molecular weight excluding hydrogens is 258 g/mol. The Hall–Kier alpha value is -0.860. The summed E-state index contributed by atoms with van der Waals surface area (Å²) in [4.78, 5) is 0. The quantitative estimate of drug-likeness (QED) is 0.685. The Morgan fingerprint density at radius 3 is 2.90 bits per heavy atom. The second-order valence-corrected chi connectivity index (χ2v) is 6.25. The molecule has 0 aromatic heterocycles. The number of aryl methyl sites for hydroxylation is 1. The first-order valence-electron chi connectivity index (χ1n) is 8.74. The molecule has 2 heteroatoms. The molecular formula is C19H31NO. The van der Waals surface area contributed by atoms with Crippen molar-refractivity contribution in [3.63, 3.8) is 0 Å². The van der Waals surface area contributed by atoms with Crippen molar-refractivity contribution in [3.05, 3.63) is 35.4 Å². The summed E-state index contributed by atoms with van der Waals surface area (Å²) < 4.78 is 5.81. The molecule has 1 aromatic carbocycles. The molecule has 0 aliphatic heterocycles. The van der Waals surface area contributed by atoms with E-state index < -0.39 is 0 Å². The Kier molecular flexibility index (Phi) is 7.25. The van der Waals surface area contributed by atoms with Gasteiger partial charge in [-0.05, 0) is 62.1 Å². The van der Waals surface area contributed by atoms with E-state index >= 15 is 0 Å². The maximum atomic E-state index is 5.81. The minimum absolute atomic E-state index is 0.493. The molecule has 2 unspecified atom stereocenters. The molecule has 2 atom stereocenters. The first-order chi connectivity index (χ1) is 10.3. The Bertz CT molecular complexity index is 404. The van der Waals surface area contributed by atoms with Gasteiger partial charge in [-0.1, -0.05) is 38.1 Å². The van der Waals surface area contributed by atoms with Gasteiger partial charge in [0.05, 0.1) is 6.61 Å². The molecule has 0 saturated heterocycles. The van der Waals surface area contributed by atoms with E-state index in [1.165, 1.54) is 32.1 Å². The van der Waals surface area contributed by atoms with E-state index in [9.17, 15) is 0 Å². The standard InChI is InChI=1S/C19H31NO/c1-3-12-20-18(15-21-13-4-2)14-17-10-7-9-16-8-5-6-11-19(16)17/h5-6,8,11,17-18,20H,3-4,7,9-10,12-15H2,1-2H3. The topological polar surface area (TPSA) is 21.3 Å². The van der Waals surface area contributed by atoms with Gasteiger partial charge in [0.2, 0.25) is 0 Å². The zero-order valence-electron chi connectivity index (χ0n) is 13.7. The molecule has 21 heavy (non-hydrogen) atoms. The summed E-state index contributed by atoms with van der Waals surface area (Å²) in [7, 11) is 0. The van der Waals surface area contributed by atoms with E-state index in [1.54, 1.807) is 11.1 Å². The van der Waals surface area contributed by atoms with Gasteiger partial charge < -0.3 is 10.1 Å². The van der Waals surface area contributed by atoms with Crippen LogP contribution in [0.2, 0.25) is 0 Å². The first kappa shape index (κ1) is 16.5. The summed E-state index contributed by atoms with van der Waals surface area (Å²) in [5.74, 6) is 0.703. The average Bonchev–Trinajstić information content (AvgIpc) is 2.53. The molecule has 1 aromatic rings. The van der Waals surface area contributed by atoms with Gasteiger partial charge in [-0.2, -0.15) is 0 Å². The fraction of sp³-hybridized carbons (Fsp3) is 0.684. The van der Waals surface area contributed by atoms with Crippen molar-refractivity contribution >= 4 is 0 Å². The molecule has 2 nitrogen and oxygen atoms in total. The summed E-state index contributed by atoms with van der Waals surface area (Å²) in [5, 5.41) is 3.68. The third-order valence-electron chi connectivity index (χ3n) is 4.41. The molecule has 118 valence electrons. The Morgan fingerprint density at radius 2 is 2.10 bits per heavy atom. The van der Waals surface area contributed by atoms with E-state index in [1.807, 2.05) is 0 Å². The fourth-order valence-electron chi connectivity index (χ4n) is 3.37. The number of benzene rings is 1. The highest BCUT2D eigenvalue weighted by atomic mass is 16.5. The average molecular weight is 289 g/mol. The number of rotatable bonds is 9. The fourth-order valence-corrected chi connectivity index (χ4v) is 3.37. The van der Waals surface area contributed by atoms with Crippen LogP contribution >= 0.6 is 0 Å². The monoisotopic (exact) mass is 289 g/mol. The third kappa shape index (κ3) is 5.12. The third-order valence-corrected chi connectivity index (χ3v) is 4.41. The molecule has 1 aliphatic rings. The van der Waals surface area contributed by atoms with E-state index in [-0.39, 0.29) is 0 Å². The van der Waals surface area contributed by atoms with Crippen molar-refractivity contribution in [1.82, 2.24) is 5.32 Å². The normalized spacial score (nSPS) is 19.2. The maximum absolute atomic E-state index is 5.81. The predicted octanol–water partition coefficient (Wildman–Crippen LogP) is 4.29. The van der Waals surface area contributed by atoms with Crippen molar-refractivity contribution in [2.45, 2.75) is 64.3 Å². The van der Waals surface area contributed by atoms with Crippen LogP contribution in [0.25, 0.3) is 0 Å². The SMILES string of the molecule is CCCNC(COCCC)CC1CCCc2ccccc21. The zero-order chi connectivity index (χ0) is 14.9. The first-order valence-corrected chi connectivity index (χ1v) is 8.74. The van der Waals surface area contributed by atoms with Crippen LogP contribution in [0.4, 0.5) is 0 Å². The highest BCUT2D eigenvalue weighted by Gasteiger charge is 2.23. The minimum Gasteiger partial charge on any atom is -0.380 e. The predicted molar refractivity (Wildman–Crippen MR) is 89.9 cm³/mol. The summed E-state index contributed by atoms with van der Waals surface area (Å²) in [6.45, 7) is 7.23. The Labute approximate surface area is 130 Å². The molecule has 0 spiro atoms. The zero-order valence-corrected chi connectivity index (χ0v) is 13.7. The minimum atomic E-state index is 0.493. The molecule has 0 fully saturated rings. The lowest BCUT2D eigenvalue weighted by Crippen LogP contribution is -2.36. The van der Waals surface area contributed by atoms with Gasteiger partial charge in [-0.25, -0.2) is 0 Å². The van der Waals surface area contributed by atoms with E-state index in [4.69, 9.17) is 4.74 Å². The number of nitrogens with one attached hydrogen (secondary N) is 1. The lowest BCUT2D eigenvalue weighted by molar-refractivity contribution is 0.106. The van der Waals surface area contributed by atoms with Gasteiger partial charge in [-0.3, -0.25) is 0 Å². The number of hydrogen-bond acceptors (Lipinski definition) is 2. The van der Waals surface area contributed by atoms with Crippen LogP contribution in [0, 0.1) is 0 Å². The van der Waals surface area contributed by atoms with Crippen LogP contribution in [-0.4, -0.2) is 25.8 Å². The Morgan fingerprint density at radius 1 is 1.24 bits per heavy atom. The Balaban J connectivity index is 1.95. The van der Waals surface area contributed by atoms with Gasteiger partial charge in [0.1, 0.15) is 0 Å². The van der Waals surface area contributed by atoms with Crippen molar-refractivity contribution in [2.24, 2.45) is 0 Å². The number of ether oxygens (including phenoxy) is 1. The van der Waals surface area contributed by atoms with E-state index in [0.717, 1.165) is 26.2 Å². The molecule has 1 aliphatic carbocycles. The van der Waals surface area contributed by atoms with E-state index in [0.29, 0.717) is 12.0 Å². The molecule has 2 rings (SSSR count). The molecule has 0 saturated carbocycles. The van der Waals surface area contributed by atoms with Crippen molar-refractivity contribution in [2.75, 3.05) is 19.8 Å². The van der Waals surface area contributed by atoms with Crippen LogP contribution in [0.1, 0.15) is 63.0 Å².